The van der Waals surface area contributed by atoms with Crippen LogP contribution < -0.4 is 4.90 Å². The van der Waals surface area contributed by atoms with Crippen LogP contribution in [0.25, 0.3) is 0 Å². The Labute approximate surface area is 147 Å². The lowest BCUT2D eigenvalue weighted by Crippen LogP contribution is -2.39. The summed E-state index contributed by atoms with van der Waals surface area (Å²) in [6, 6.07) is 3.08. The zero-order valence-electron chi connectivity index (χ0n) is 12.2. The molecule has 0 fully saturated rings. The predicted molar refractivity (Wildman–Crippen MR) is 85.8 cm³/mol. The number of anilines is 1. The summed E-state index contributed by atoms with van der Waals surface area (Å²) in [7, 11) is 2.41. The van der Waals surface area contributed by atoms with Gasteiger partial charge in [0.05, 0.1) is 47.2 Å². The Balaban J connectivity index is 2.62. The molecule has 0 radical (unpaired) electrons. The lowest BCUT2D eigenvalue weighted by atomic mass is 10.1. The molecule has 0 N–H and O–H groups in total. The molecule has 0 amide bonds. The number of hydrogen-bond donors (Lipinski definition) is 0. The molecule has 1 aliphatic heterocycles. The molecule has 0 saturated heterocycles. The average Bonchev–Trinajstić information content (AvgIpc) is 2.57. The zero-order chi connectivity index (χ0) is 17.1. The number of ether oxygens (including phenoxy) is 3. The van der Waals surface area contributed by atoms with Crippen LogP contribution in [0.15, 0.2) is 23.4 Å². The SMILES string of the molecule is COC(=O)C1=C(C(=O)OC)N(c2ccc(Cl)c(Cl)c2Cl)COC1. The Morgan fingerprint density at radius 3 is 2.35 bits per heavy atom. The maximum atomic E-state index is 12.2. The second-order valence-electron chi connectivity index (χ2n) is 4.41. The van der Waals surface area contributed by atoms with E-state index in [1.165, 1.54) is 25.2 Å². The number of nitrogens with zero attached hydrogens (tertiary/aromatic N) is 1. The third-order valence-electron chi connectivity index (χ3n) is 3.14. The van der Waals surface area contributed by atoms with E-state index in [1.807, 2.05) is 0 Å². The van der Waals surface area contributed by atoms with Crippen molar-refractivity contribution in [3.63, 3.8) is 0 Å². The van der Waals surface area contributed by atoms with E-state index in [0.29, 0.717) is 5.69 Å². The molecule has 1 aromatic carbocycles. The first kappa shape index (κ1) is 17.9. The van der Waals surface area contributed by atoms with Crippen LogP contribution >= 0.6 is 34.8 Å². The van der Waals surface area contributed by atoms with Crippen LogP contribution in [0.5, 0.6) is 0 Å². The monoisotopic (exact) mass is 379 g/mol. The summed E-state index contributed by atoms with van der Waals surface area (Å²) in [5.74, 6) is -1.43. The molecule has 2 rings (SSSR count). The molecule has 1 heterocycles. The highest BCUT2D eigenvalue weighted by Gasteiger charge is 2.33. The van der Waals surface area contributed by atoms with Crippen LogP contribution in [-0.2, 0) is 23.8 Å². The second kappa shape index (κ2) is 7.40. The summed E-state index contributed by atoms with van der Waals surface area (Å²) in [6.45, 7) is -0.116. The van der Waals surface area contributed by atoms with Gasteiger partial charge in [0, 0.05) is 0 Å². The van der Waals surface area contributed by atoms with Crippen LogP contribution in [0.3, 0.4) is 0 Å². The first-order valence-corrected chi connectivity index (χ1v) is 7.44. The Morgan fingerprint density at radius 2 is 1.74 bits per heavy atom. The van der Waals surface area contributed by atoms with Gasteiger partial charge < -0.3 is 19.1 Å². The van der Waals surface area contributed by atoms with Gasteiger partial charge in [0.15, 0.2) is 0 Å². The molecule has 23 heavy (non-hydrogen) atoms. The Bertz CT molecular complexity index is 689. The fourth-order valence-corrected chi connectivity index (χ4v) is 2.69. The van der Waals surface area contributed by atoms with Crippen molar-refractivity contribution in [1.82, 2.24) is 0 Å². The molecule has 0 aliphatic carbocycles. The number of methoxy groups -OCH3 is 2. The molecule has 0 aromatic heterocycles. The molecule has 0 bridgehead atoms. The summed E-state index contributed by atoms with van der Waals surface area (Å²) in [6.07, 6.45) is 0. The van der Waals surface area contributed by atoms with E-state index in [-0.39, 0.29) is 39.7 Å². The van der Waals surface area contributed by atoms with Crippen LogP contribution in [0, 0.1) is 0 Å². The van der Waals surface area contributed by atoms with Gasteiger partial charge >= 0.3 is 11.9 Å². The molecule has 0 atom stereocenters. The van der Waals surface area contributed by atoms with Crippen LogP contribution in [0.4, 0.5) is 5.69 Å². The normalized spacial score (nSPS) is 14.7. The van der Waals surface area contributed by atoms with Gasteiger partial charge in [-0.2, -0.15) is 0 Å². The van der Waals surface area contributed by atoms with E-state index in [1.54, 1.807) is 6.07 Å². The van der Waals surface area contributed by atoms with E-state index >= 15 is 0 Å². The van der Waals surface area contributed by atoms with E-state index < -0.39 is 11.9 Å². The number of rotatable bonds is 3. The van der Waals surface area contributed by atoms with Crippen molar-refractivity contribution >= 4 is 52.4 Å². The van der Waals surface area contributed by atoms with E-state index in [4.69, 9.17) is 44.3 Å². The van der Waals surface area contributed by atoms with Crippen LogP contribution in [-0.4, -0.2) is 39.5 Å². The predicted octanol–water partition coefficient (Wildman–Crippen LogP) is 3.04. The van der Waals surface area contributed by atoms with Crippen LogP contribution in [0.1, 0.15) is 0 Å². The summed E-state index contributed by atoms with van der Waals surface area (Å²) in [4.78, 5) is 25.4. The molecule has 124 valence electrons. The number of halogens is 3. The first-order chi connectivity index (χ1) is 10.9. The second-order valence-corrected chi connectivity index (χ2v) is 5.57. The number of hydrogen-bond acceptors (Lipinski definition) is 6. The summed E-state index contributed by atoms with van der Waals surface area (Å²) in [5.41, 5.74) is 0.348. The fourth-order valence-electron chi connectivity index (χ4n) is 2.06. The molecular weight excluding hydrogens is 369 g/mol. The van der Waals surface area contributed by atoms with E-state index in [2.05, 4.69) is 4.74 Å². The molecule has 0 unspecified atom stereocenters. The number of benzene rings is 1. The van der Waals surface area contributed by atoms with Gasteiger partial charge in [-0.1, -0.05) is 34.8 Å². The standard InChI is InChI=1S/C14H12Cl3NO5/c1-21-13(19)7-5-23-6-18(12(7)14(20)22-2)9-4-3-8(15)10(16)11(9)17/h3-4H,5-6H2,1-2H3. The maximum Gasteiger partial charge on any atom is 0.355 e. The minimum absolute atomic E-state index is 0.0211. The number of carbonyl (C=O) groups excluding carboxylic acids is 2. The molecule has 6 nitrogen and oxygen atoms in total. The first-order valence-electron chi connectivity index (χ1n) is 6.30. The smallest absolute Gasteiger partial charge is 0.355 e. The van der Waals surface area contributed by atoms with Gasteiger partial charge in [-0.3, -0.25) is 0 Å². The van der Waals surface area contributed by atoms with Gasteiger partial charge in [-0.15, -0.1) is 0 Å². The van der Waals surface area contributed by atoms with Crippen molar-refractivity contribution in [3.05, 3.63) is 38.5 Å². The molecule has 9 heteroatoms. The van der Waals surface area contributed by atoms with Crippen molar-refractivity contribution < 1.29 is 23.8 Å². The van der Waals surface area contributed by atoms with Gasteiger partial charge in [0.2, 0.25) is 0 Å². The largest absolute Gasteiger partial charge is 0.466 e. The van der Waals surface area contributed by atoms with Gasteiger partial charge in [0.25, 0.3) is 0 Å². The summed E-state index contributed by atoms with van der Waals surface area (Å²) >= 11 is 18.1. The lowest BCUT2D eigenvalue weighted by molar-refractivity contribution is -0.140. The third kappa shape index (κ3) is 3.40. The zero-order valence-corrected chi connectivity index (χ0v) is 14.5. The maximum absolute atomic E-state index is 12.2. The minimum atomic E-state index is -0.726. The average molecular weight is 381 g/mol. The number of carbonyl (C=O) groups is 2. The summed E-state index contributed by atoms with van der Waals surface area (Å²) in [5, 5.41) is 0.505. The lowest BCUT2D eigenvalue weighted by Gasteiger charge is -2.32. The summed E-state index contributed by atoms with van der Waals surface area (Å²) < 4.78 is 14.8. The highest BCUT2D eigenvalue weighted by molar-refractivity contribution is 6.49. The molecule has 1 aromatic rings. The fraction of sp³-hybridized carbons (Fsp3) is 0.286. The van der Waals surface area contributed by atoms with Crippen molar-refractivity contribution in [2.75, 3.05) is 32.5 Å². The topological polar surface area (TPSA) is 65.1 Å². The van der Waals surface area contributed by atoms with Crippen molar-refractivity contribution in [3.8, 4) is 0 Å². The van der Waals surface area contributed by atoms with Gasteiger partial charge in [-0.05, 0) is 12.1 Å². The Hall–Kier alpha value is -1.47. The Kier molecular flexibility index (Phi) is 5.75. The quantitative estimate of drug-likeness (QED) is 0.593. The van der Waals surface area contributed by atoms with Crippen molar-refractivity contribution in [2.45, 2.75) is 0 Å². The number of esters is 2. The van der Waals surface area contributed by atoms with Gasteiger partial charge in [0.1, 0.15) is 12.4 Å². The van der Waals surface area contributed by atoms with Crippen molar-refractivity contribution in [2.24, 2.45) is 0 Å². The van der Waals surface area contributed by atoms with E-state index in [9.17, 15) is 9.59 Å². The Morgan fingerprint density at radius 1 is 1.09 bits per heavy atom. The van der Waals surface area contributed by atoms with Gasteiger partial charge in [-0.25, -0.2) is 9.59 Å². The van der Waals surface area contributed by atoms with Crippen LogP contribution in [0.2, 0.25) is 15.1 Å². The highest BCUT2D eigenvalue weighted by atomic mass is 35.5. The molecule has 0 spiro atoms. The minimum Gasteiger partial charge on any atom is -0.466 e. The van der Waals surface area contributed by atoms with Crippen molar-refractivity contribution in [1.29, 1.82) is 0 Å². The highest BCUT2D eigenvalue weighted by Crippen LogP contribution is 2.40. The third-order valence-corrected chi connectivity index (χ3v) is 4.42. The molecular formula is C14H12Cl3NO5. The molecule has 0 saturated carbocycles. The molecule has 1 aliphatic rings. The van der Waals surface area contributed by atoms with E-state index in [0.717, 1.165) is 0 Å².